The van der Waals surface area contributed by atoms with Gasteiger partial charge in [-0.05, 0) is 36.7 Å². The Morgan fingerprint density at radius 3 is 2.40 bits per heavy atom. The Hall–Kier alpha value is -1.73. The van der Waals surface area contributed by atoms with Crippen molar-refractivity contribution in [3.8, 4) is 17.6 Å². The molecule has 4 heteroatoms. The van der Waals surface area contributed by atoms with Gasteiger partial charge in [0, 0.05) is 12.6 Å². The lowest BCUT2D eigenvalue weighted by molar-refractivity contribution is 0.232. The maximum atomic E-state index is 8.96. The number of methoxy groups -OCH3 is 2. The zero-order valence-corrected chi connectivity index (χ0v) is 13.1. The lowest BCUT2D eigenvalue weighted by Gasteiger charge is -2.33. The third-order valence-electron chi connectivity index (χ3n) is 3.55. The molecular formula is C16H24N2O2. The van der Waals surface area contributed by atoms with Gasteiger partial charge in [-0.15, -0.1) is 0 Å². The summed E-state index contributed by atoms with van der Waals surface area (Å²) in [5, 5.41) is 8.96. The molecule has 0 aromatic heterocycles. The number of rotatable bonds is 3. The van der Waals surface area contributed by atoms with E-state index in [1.165, 1.54) is 11.1 Å². The zero-order valence-electron chi connectivity index (χ0n) is 13.1. The van der Waals surface area contributed by atoms with Crippen molar-refractivity contribution in [2.45, 2.75) is 32.7 Å². The highest BCUT2D eigenvalue weighted by Crippen LogP contribution is 2.38. The number of ether oxygens (including phenoxy) is 2. The average Bonchev–Trinajstić information content (AvgIpc) is 2.51. The molecule has 1 atom stereocenters. The van der Waals surface area contributed by atoms with E-state index in [9.17, 15) is 0 Å². The molecule has 1 unspecified atom stereocenters. The van der Waals surface area contributed by atoms with E-state index in [-0.39, 0.29) is 6.04 Å². The van der Waals surface area contributed by atoms with Crippen molar-refractivity contribution < 1.29 is 9.47 Å². The third-order valence-corrected chi connectivity index (χ3v) is 3.55. The normalized spacial score (nSPS) is 17.3. The fourth-order valence-corrected chi connectivity index (χ4v) is 2.51. The number of fused-ring (bicyclic) bond motifs is 1. The van der Waals surface area contributed by atoms with Crippen LogP contribution in [0.15, 0.2) is 12.1 Å². The lowest BCUT2D eigenvalue weighted by atomic mass is 9.91. The Bertz CT molecular complexity index is 480. The highest BCUT2D eigenvalue weighted by atomic mass is 16.5. The molecule has 110 valence electrons. The van der Waals surface area contributed by atoms with Crippen LogP contribution >= 0.6 is 0 Å². The first-order chi connectivity index (χ1) is 9.71. The van der Waals surface area contributed by atoms with Crippen LogP contribution in [0.4, 0.5) is 0 Å². The van der Waals surface area contributed by atoms with Crippen LogP contribution < -0.4 is 9.47 Å². The van der Waals surface area contributed by atoms with Crippen LogP contribution in [0.1, 0.15) is 37.4 Å². The van der Waals surface area contributed by atoms with Gasteiger partial charge in [0.1, 0.15) is 0 Å². The van der Waals surface area contributed by atoms with Gasteiger partial charge in [-0.2, -0.15) is 5.26 Å². The van der Waals surface area contributed by atoms with Gasteiger partial charge >= 0.3 is 0 Å². The second-order valence-electron chi connectivity index (χ2n) is 4.51. The molecule has 1 aromatic rings. The predicted octanol–water partition coefficient (Wildman–Crippen LogP) is 3.17. The van der Waals surface area contributed by atoms with Crippen molar-refractivity contribution >= 4 is 0 Å². The summed E-state index contributed by atoms with van der Waals surface area (Å²) in [4.78, 5) is 2.22. The lowest BCUT2D eigenvalue weighted by Crippen LogP contribution is -2.32. The average molecular weight is 276 g/mol. The number of benzene rings is 1. The van der Waals surface area contributed by atoms with Crippen molar-refractivity contribution in [3.05, 3.63) is 23.3 Å². The van der Waals surface area contributed by atoms with E-state index in [0.29, 0.717) is 6.42 Å². The van der Waals surface area contributed by atoms with Gasteiger partial charge in [0.15, 0.2) is 11.5 Å². The third kappa shape index (κ3) is 3.23. The van der Waals surface area contributed by atoms with E-state index >= 15 is 0 Å². The smallest absolute Gasteiger partial charge is 0.161 e. The zero-order chi connectivity index (χ0) is 15.1. The fraction of sp³-hybridized carbons (Fsp3) is 0.562. The Morgan fingerprint density at radius 2 is 1.85 bits per heavy atom. The molecule has 0 N–H and O–H groups in total. The Kier molecular flexibility index (Phi) is 6.33. The molecule has 0 spiro atoms. The predicted molar refractivity (Wildman–Crippen MR) is 80.2 cm³/mol. The molecule has 2 rings (SSSR count). The number of likely N-dealkylation sites (N-methyl/N-ethyl adjacent to an activating group) is 1. The summed E-state index contributed by atoms with van der Waals surface area (Å²) in [6, 6.07) is 6.45. The summed E-state index contributed by atoms with van der Waals surface area (Å²) < 4.78 is 10.7. The molecule has 0 fully saturated rings. The standard InChI is InChI=1S/C14H18N2O2.C2H6/c1-16-7-5-10-8-13(17-2)14(18-3)9-11(10)12(16)4-6-15;1-2/h8-9,12H,4-5,7H2,1-3H3;1-2H3. The van der Waals surface area contributed by atoms with Gasteiger partial charge in [0.25, 0.3) is 0 Å². The van der Waals surface area contributed by atoms with Crippen LogP contribution in [-0.4, -0.2) is 32.7 Å². The molecular weight excluding hydrogens is 252 g/mol. The quantitative estimate of drug-likeness (QED) is 0.850. The molecule has 4 nitrogen and oxygen atoms in total. The van der Waals surface area contributed by atoms with Crippen LogP contribution in [0.2, 0.25) is 0 Å². The Balaban J connectivity index is 0.000000956. The van der Waals surface area contributed by atoms with E-state index in [4.69, 9.17) is 14.7 Å². The molecule has 0 saturated heterocycles. The SMILES string of the molecule is CC.COc1cc2c(cc1OC)C(CC#N)N(C)CC2. The maximum Gasteiger partial charge on any atom is 0.161 e. The number of nitriles is 1. The molecule has 20 heavy (non-hydrogen) atoms. The molecule has 1 aliphatic rings. The van der Waals surface area contributed by atoms with Gasteiger partial charge in [-0.3, -0.25) is 4.90 Å². The Morgan fingerprint density at radius 1 is 1.25 bits per heavy atom. The molecule has 1 aromatic carbocycles. The molecule has 1 aliphatic heterocycles. The van der Waals surface area contributed by atoms with E-state index in [0.717, 1.165) is 24.5 Å². The van der Waals surface area contributed by atoms with E-state index in [1.807, 2.05) is 26.0 Å². The summed E-state index contributed by atoms with van der Waals surface area (Å²) >= 11 is 0. The number of hydrogen-bond donors (Lipinski definition) is 0. The van der Waals surface area contributed by atoms with Crippen molar-refractivity contribution in [3.63, 3.8) is 0 Å². The number of nitrogens with zero attached hydrogens (tertiary/aromatic N) is 2. The summed E-state index contributed by atoms with van der Waals surface area (Å²) in [7, 11) is 5.34. The number of hydrogen-bond acceptors (Lipinski definition) is 4. The molecule has 0 aliphatic carbocycles. The molecule has 0 bridgehead atoms. The summed E-state index contributed by atoms with van der Waals surface area (Å²) in [6.07, 6.45) is 1.48. The van der Waals surface area contributed by atoms with Crippen LogP contribution in [0.3, 0.4) is 0 Å². The van der Waals surface area contributed by atoms with Crippen LogP contribution in [-0.2, 0) is 6.42 Å². The van der Waals surface area contributed by atoms with Gasteiger partial charge in [-0.25, -0.2) is 0 Å². The van der Waals surface area contributed by atoms with E-state index < -0.39 is 0 Å². The second-order valence-corrected chi connectivity index (χ2v) is 4.51. The highest BCUT2D eigenvalue weighted by Gasteiger charge is 2.26. The van der Waals surface area contributed by atoms with Crippen molar-refractivity contribution in [1.29, 1.82) is 5.26 Å². The van der Waals surface area contributed by atoms with Gasteiger partial charge in [0.2, 0.25) is 0 Å². The van der Waals surface area contributed by atoms with Crippen LogP contribution in [0.25, 0.3) is 0 Å². The molecule has 0 saturated carbocycles. The summed E-state index contributed by atoms with van der Waals surface area (Å²) in [6.45, 7) is 4.97. The first-order valence-electron chi connectivity index (χ1n) is 7.03. The first kappa shape index (κ1) is 16.3. The first-order valence-corrected chi connectivity index (χ1v) is 7.03. The van der Waals surface area contributed by atoms with Crippen LogP contribution in [0, 0.1) is 11.3 Å². The van der Waals surface area contributed by atoms with Gasteiger partial charge in [-0.1, -0.05) is 13.8 Å². The van der Waals surface area contributed by atoms with Crippen LogP contribution in [0.5, 0.6) is 11.5 Å². The fourth-order valence-electron chi connectivity index (χ4n) is 2.51. The van der Waals surface area contributed by atoms with Crippen molar-refractivity contribution in [2.24, 2.45) is 0 Å². The second kappa shape index (κ2) is 7.76. The molecule has 0 radical (unpaired) electrons. The molecule has 1 heterocycles. The van der Waals surface area contributed by atoms with E-state index in [2.05, 4.69) is 18.0 Å². The largest absolute Gasteiger partial charge is 0.493 e. The summed E-state index contributed by atoms with van der Waals surface area (Å²) in [5.74, 6) is 1.49. The molecule has 0 amide bonds. The maximum absolute atomic E-state index is 8.96. The Labute approximate surface area is 121 Å². The topological polar surface area (TPSA) is 45.5 Å². The minimum atomic E-state index is 0.151. The van der Waals surface area contributed by atoms with E-state index in [1.54, 1.807) is 14.2 Å². The van der Waals surface area contributed by atoms with Gasteiger partial charge < -0.3 is 9.47 Å². The summed E-state index contributed by atoms with van der Waals surface area (Å²) in [5.41, 5.74) is 2.44. The minimum Gasteiger partial charge on any atom is -0.493 e. The van der Waals surface area contributed by atoms with Crippen molar-refractivity contribution in [1.82, 2.24) is 4.90 Å². The van der Waals surface area contributed by atoms with Gasteiger partial charge in [0.05, 0.1) is 26.7 Å². The minimum absolute atomic E-state index is 0.151. The van der Waals surface area contributed by atoms with Crippen molar-refractivity contribution in [2.75, 3.05) is 27.8 Å². The highest BCUT2D eigenvalue weighted by molar-refractivity contribution is 5.49. The monoisotopic (exact) mass is 276 g/mol.